The van der Waals surface area contributed by atoms with Crippen LogP contribution in [0.1, 0.15) is 50.8 Å². The number of benzene rings is 1. The number of fused-ring (bicyclic) bond motifs is 5. The maximum atomic E-state index is 3.79. The molecule has 0 amide bonds. The van der Waals surface area contributed by atoms with Crippen LogP contribution in [0.5, 0.6) is 0 Å². The van der Waals surface area contributed by atoms with Crippen molar-refractivity contribution in [1.29, 1.82) is 0 Å². The zero-order valence-electron chi connectivity index (χ0n) is 13.3. The number of aromatic amines is 1. The summed E-state index contributed by atoms with van der Waals surface area (Å²) in [6.07, 6.45) is 6.51. The number of hydrogen-bond donors (Lipinski definition) is 1. The zero-order chi connectivity index (χ0) is 14.4. The first-order valence-corrected chi connectivity index (χ1v) is 8.57. The summed E-state index contributed by atoms with van der Waals surface area (Å²) < 4.78 is 0. The number of rotatable bonds is 1. The van der Waals surface area contributed by atoms with E-state index in [2.05, 4.69) is 48.0 Å². The lowest BCUT2D eigenvalue weighted by molar-refractivity contribution is 0.0283. The van der Waals surface area contributed by atoms with Crippen molar-refractivity contribution in [1.82, 2.24) is 9.88 Å². The minimum absolute atomic E-state index is 0.219. The smallest absolute Gasteiger partial charge is 0.0586 e. The maximum Gasteiger partial charge on any atom is 0.0586 e. The second kappa shape index (κ2) is 4.88. The van der Waals surface area contributed by atoms with E-state index < -0.39 is 0 Å². The van der Waals surface area contributed by atoms with E-state index in [1.807, 2.05) is 0 Å². The van der Waals surface area contributed by atoms with Gasteiger partial charge in [-0.05, 0) is 56.7 Å². The van der Waals surface area contributed by atoms with Gasteiger partial charge in [0.1, 0.15) is 0 Å². The standard InChI is InChI=1S/C19H26N2/c1-3-14-10-11-19(2)18-16(8-6-12-21(19)13-14)15-7-4-5-9-17(15)20-18/h4-5,7,9,14,20H,3,6,8,10-13H2,1-2H3/t14-,19-/m1/s1. The molecule has 1 aromatic carbocycles. The second-order valence-electron chi connectivity index (χ2n) is 7.16. The van der Waals surface area contributed by atoms with Gasteiger partial charge in [-0.25, -0.2) is 0 Å². The quantitative estimate of drug-likeness (QED) is 0.818. The summed E-state index contributed by atoms with van der Waals surface area (Å²) in [6.45, 7) is 7.35. The lowest BCUT2D eigenvalue weighted by Gasteiger charge is -2.46. The van der Waals surface area contributed by atoms with Crippen LogP contribution in [0.25, 0.3) is 10.9 Å². The highest BCUT2D eigenvalue weighted by Crippen LogP contribution is 2.44. The number of nitrogens with zero attached hydrogens (tertiary/aromatic N) is 1. The van der Waals surface area contributed by atoms with E-state index in [-0.39, 0.29) is 5.54 Å². The first kappa shape index (κ1) is 13.4. The van der Waals surface area contributed by atoms with Crippen molar-refractivity contribution in [3.63, 3.8) is 0 Å². The van der Waals surface area contributed by atoms with E-state index >= 15 is 0 Å². The lowest BCUT2D eigenvalue weighted by atomic mass is 9.79. The summed E-state index contributed by atoms with van der Waals surface area (Å²) in [4.78, 5) is 6.56. The molecule has 0 spiro atoms. The fraction of sp³-hybridized carbons (Fsp3) is 0.579. The highest BCUT2D eigenvalue weighted by molar-refractivity contribution is 5.85. The lowest BCUT2D eigenvalue weighted by Crippen LogP contribution is -2.50. The molecule has 2 atom stereocenters. The van der Waals surface area contributed by atoms with Crippen molar-refractivity contribution >= 4 is 10.9 Å². The van der Waals surface area contributed by atoms with Gasteiger partial charge in [-0.15, -0.1) is 0 Å². The number of nitrogens with one attached hydrogen (secondary N) is 1. The van der Waals surface area contributed by atoms with Crippen LogP contribution in [0, 0.1) is 5.92 Å². The Morgan fingerprint density at radius 2 is 2.19 bits per heavy atom. The molecule has 2 aliphatic rings. The summed E-state index contributed by atoms with van der Waals surface area (Å²) in [6, 6.07) is 8.85. The van der Waals surface area contributed by atoms with Gasteiger partial charge >= 0.3 is 0 Å². The van der Waals surface area contributed by atoms with E-state index in [0.717, 1.165) is 5.92 Å². The molecule has 2 aliphatic heterocycles. The molecule has 0 saturated carbocycles. The molecule has 2 aromatic rings. The average molecular weight is 282 g/mol. The fourth-order valence-corrected chi connectivity index (χ4v) is 4.57. The zero-order valence-corrected chi connectivity index (χ0v) is 13.3. The number of aromatic nitrogens is 1. The van der Waals surface area contributed by atoms with Crippen LogP contribution in [0.15, 0.2) is 24.3 Å². The first-order valence-electron chi connectivity index (χ1n) is 8.57. The monoisotopic (exact) mass is 282 g/mol. The van der Waals surface area contributed by atoms with E-state index in [4.69, 9.17) is 0 Å². The predicted octanol–water partition coefficient (Wildman–Crippen LogP) is 4.45. The number of aryl methyl sites for hydroxylation is 1. The molecule has 1 fully saturated rings. The van der Waals surface area contributed by atoms with Crippen LogP contribution in [-0.2, 0) is 12.0 Å². The molecule has 112 valence electrons. The molecule has 3 heterocycles. The Morgan fingerprint density at radius 1 is 1.33 bits per heavy atom. The normalized spacial score (nSPS) is 29.9. The van der Waals surface area contributed by atoms with Crippen LogP contribution < -0.4 is 0 Å². The topological polar surface area (TPSA) is 19.0 Å². The van der Waals surface area contributed by atoms with Crippen molar-refractivity contribution in [2.45, 2.75) is 51.5 Å². The Hall–Kier alpha value is -1.28. The first-order chi connectivity index (χ1) is 10.2. The molecule has 2 heteroatoms. The Morgan fingerprint density at radius 3 is 3.05 bits per heavy atom. The minimum Gasteiger partial charge on any atom is -0.357 e. The Balaban J connectivity index is 1.84. The SMILES string of the molecule is CC[C@@H]1CC[C@]2(C)c3[nH]c4ccccc4c3CCCN2C1. The van der Waals surface area contributed by atoms with Crippen molar-refractivity contribution < 1.29 is 0 Å². The number of hydrogen-bond acceptors (Lipinski definition) is 1. The molecule has 4 rings (SSSR count). The number of piperidine rings is 1. The summed E-state index contributed by atoms with van der Waals surface area (Å²) >= 11 is 0. The van der Waals surface area contributed by atoms with Gasteiger partial charge in [0, 0.05) is 23.1 Å². The van der Waals surface area contributed by atoms with Crippen LogP contribution in [0.2, 0.25) is 0 Å². The summed E-state index contributed by atoms with van der Waals surface area (Å²) in [7, 11) is 0. The van der Waals surface area contributed by atoms with Crippen LogP contribution in [-0.4, -0.2) is 23.0 Å². The van der Waals surface area contributed by atoms with Crippen molar-refractivity contribution in [3.05, 3.63) is 35.5 Å². The molecule has 2 nitrogen and oxygen atoms in total. The van der Waals surface area contributed by atoms with Crippen molar-refractivity contribution in [3.8, 4) is 0 Å². The molecule has 0 aliphatic carbocycles. The van der Waals surface area contributed by atoms with Crippen LogP contribution >= 0.6 is 0 Å². The predicted molar refractivity (Wildman–Crippen MR) is 88.6 cm³/mol. The minimum atomic E-state index is 0.219. The average Bonchev–Trinajstić information content (AvgIpc) is 2.82. The van der Waals surface area contributed by atoms with Gasteiger partial charge in [0.2, 0.25) is 0 Å². The third kappa shape index (κ3) is 1.96. The Bertz CT molecular complexity index is 657. The van der Waals surface area contributed by atoms with E-state index in [1.54, 1.807) is 5.56 Å². The van der Waals surface area contributed by atoms with Crippen molar-refractivity contribution in [2.24, 2.45) is 5.92 Å². The Kier molecular flexibility index (Phi) is 3.11. The van der Waals surface area contributed by atoms with Gasteiger partial charge in [0.25, 0.3) is 0 Å². The third-order valence-corrected chi connectivity index (χ3v) is 6.00. The highest BCUT2D eigenvalue weighted by Gasteiger charge is 2.42. The van der Waals surface area contributed by atoms with Crippen LogP contribution in [0.3, 0.4) is 0 Å². The van der Waals surface area contributed by atoms with Gasteiger partial charge in [0.15, 0.2) is 0 Å². The molecule has 21 heavy (non-hydrogen) atoms. The number of para-hydroxylation sites is 1. The van der Waals surface area contributed by atoms with Gasteiger partial charge in [-0.1, -0.05) is 31.5 Å². The highest BCUT2D eigenvalue weighted by atomic mass is 15.2. The molecule has 1 saturated heterocycles. The third-order valence-electron chi connectivity index (χ3n) is 6.00. The molecule has 0 unspecified atom stereocenters. The number of H-pyrrole nitrogens is 1. The molecule has 0 bridgehead atoms. The molecule has 0 radical (unpaired) electrons. The summed E-state index contributed by atoms with van der Waals surface area (Å²) in [5.74, 6) is 0.893. The van der Waals surface area contributed by atoms with Gasteiger partial charge in [-0.3, -0.25) is 4.90 Å². The van der Waals surface area contributed by atoms with Crippen LogP contribution in [0.4, 0.5) is 0 Å². The molecular formula is C19H26N2. The summed E-state index contributed by atoms with van der Waals surface area (Å²) in [5.41, 5.74) is 4.64. The van der Waals surface area contributed by atoms with E-state index in [0.29, 0.717) is 0 Å². The van der Waals surface area contributed by atoms with Gasteiger partial charge < -0.3 is 4.98 Å². The van der Waals surface area contributed by atoms with Gasteiger partial charge in [0.05, 0.1) is 5.54 Å². The van der Waals surface area contributed by atoms with E-state index in [1.165, 1.54) is 61.8 Å². The van der Waals surface area contributed by atoms with Crippen molar-refractivity contribution in [2.75, 3.05) is 13.1 Å². The fourth-order valence-electron chi connectivity index (χ4n) is 4.57. The van der Waals surface area contributed by atoms with Gasteiger partial charge in [-0.2, -0.15) is 0 Å². The second-order valence-corrected chi connectivity index (χ2v) is 7.16. The maximum absolute atomic E-state index is 3.79. The largest absolute Gasteiger partial charge is 0.357 e. The van der Waals surface area contributed by atoms with E-state index in [9.17, 15) is 0 Å². The summed E-state index contributed by atoms with van der Waals surface area (Å²) in [5, 5.41) is 1.45. The molecular weight excluding hydrogens is 256 g/mol. The molecule has 1 N–H and O–H groups in total. The Labute approximate surface area is 127 Å². The molecule has 1 aromatic heterocycles.